The monoisotopic (exact) mass is 226 g/mol. The van der Waals surface area contributed by atoms with Crippen LogP contribution in [0.3, 0.4) is 0 Å². The molecule has 2 atom stereocenters. The van der Waals surface area contributed by atoms with Crippen LogP contribution in [0.15, 0.2) is 42.7 Å². The summed E-state index contributed by atoms with van der Waals surface area (Å²) < 4.78 is 0. The van der Waals surface area contributed by atoms with E-state index in [1.54, 1.807) is 18.5 Å². The maximum absolute atomic E-state index is 10.1. The van der Waals surface area contributed by atoms with Gasteiger partial charge in [-0.2, -0.15) is 0 Å². The molecule has 1 heterocycles. The van der Waals surface area contributed by atoms with Gasteiger partial charge in [0.15, 0.2) is 5.82 Å². The topological polar surface area (TPSA) is 46.0 Å². The molecule has 0 spiro atoms. The van der Waals surface area contributed by atoms with Crippen molar-refractivity contribution < 1.29 is 5.11 Å². The van der Waals surface area contributed by atoms with E-state index in [-0.39, 0.29) is 0 Å². The highest BCUT2D eigenvalue weighted by molar-refractivity contribution is 5.39. The third kappa shape index (κ3) is 1.94. The lowest BCUT2D eigenvalue weighted by atomic mass is 9.75. The summed E-state index contributed by atoms with van der Waals surface area (Å²) >= 11 is 0. The Kier molecular flexibility index (Phi) is 2.61. The minimum absolute atomic E-state index is 0.449. The Morgan fingerprint density at radius 1 is 1.18 bits per heavy atom. The third-order valence-corrected chi connectivity index (χ3v) is 3.35. The maximum Gasteiger partial charge on any atom is 0.156 e. The molecular formula is C14H14N2O. The van der Waals surface area contributed by atoms with E-state index < -0.39 is 6.10 Å². The highest BCUT2D eigenvalue weighted by Gasteiger charge is 2.28. The fraction of sp³-hybridized carbons (Fsp3) is 0.286. The van der Waals surface area contributed by atoms with Crippen LogP contribution in [0.4, 0.5) is 0 Å². The van der Waals surface area contributed by atoms with Gasteiger partial charge < -0.3 is 5.11 Å². The van der Waals surface area contributed by atoms with Gasteiger partial charge in [-0.3, -0.25) is 0 Å². The quantitative estimate of drug-likeness (QED) is 0.873. The van der Waals surface area contributed by atoms with Crippen LogP contribution in [0.25, 0.3) is 0 Å². The van der Waals surface area contributed by atoms with Gasteiger partial charge >= 0.3 is 0 Å². The number of benzene rings is 1. The van der Waals surface area contributed by atoms with Crippen LogP contribution in [-0.2, 0) is 6.42 Å². The summed E-state index contributed by atoms with van der Waals surface area (Å²) in [5, 5.41) is 10.1. The number of aliphatic hydroxyl groups excluding tert-OH is 1. The molecule has 2 unspecified atom stereocenters. The highest BCUT2D eigenvalue weighted by Crippen LogP contribution is 2.40. The van der Waals surface area contributed by atoms with Crippen LogP contribution < -0.4 is 0 Å². The van der Waals surface area contributed by atoms with Gasteiger partial charge in [-0.05, 0) is 36.0 Å². The van der Waals surface area contributed by atoms with Crippen molar-refractivity contribution in [2.45, 2.75) is 24.9 Å². The molecule has 0 saturated carbocycles. The Labute approximate surface area is 100 Å². The Morgan fingerprint density at radius 2 is 1.94 bits per heavy atom. The number of fused-ring (bicyclic) bond motifs is 1. The van der Waals surface area contributed by atoms with E-state index in [0.29, 0.717) is 18.2 Å². The zero-order valence-corrected chi connectivity index (χ0v) is 9.45. The molecule has 0 saturated heterocycles. The van der Waals surface area contributed by atoms with Gasteiger partial charge in [0.05, 0.1) is 0 Å². The molecule has 2 aromatic rings. The summed E-state index contributed by atoms with van der Waals surface area (Å²) in [4.78, 5) is 8.17. The zero-order chi connectivity index (χ0) is 11.7. The number of nitrogens with zero attached hydrogens (tertiary/aromatic N) is 2. The molecule has 86 valence electrons. The summed E-state index contributed by atoms with van der Waals surface area (Å²) in [5.74, 6) is 0.974. The highest BCUT2D eigenvalue weighted by atomic mass is 16.3. The molecule has 1 aromatic carbocycles. The number of hydrogen-bond donors (Lipinski definition) is 1. The lowest BCUT2D eigenvalue weighted by molar-refractivity contribution is 0.144. The predicted octanol–water partition coefficient (Wildman–Crippen LogP) is 2.24. The standard InChI is InChI=1S/C14H14N2O/c17-13(14-15-6-3-7-16-14)9-11-8-10-4-1-2-5-12(10)11/h1-7,11,13,17H,8-9H2. The fourth-order valence-electron chi connectivity index (χ4n) is 2.43. The maximum atomic E-state index is 10.1. The number of aliphatic hydroxyl groups is 1. The average molecular weight is 226 g/mol. The Bertz CT molecular complexity index is 513. The van der Waals surface area contributed by atoms with Crippen LogP contribution in [-0.4, -0.2) is 15.1 Å². The van der Waals surface area contributed by atoms with Gasteiger partial charge in [0.25, 0.3) is 0 Å². The van der Waals surface area contributed by atoms with Crippen molar-refractivity contribution in [2.24, 2.45) is 0 Å². The molecular weight excluding hydrogens is 212 g/mol. The Hall–Kier alpha value is -1.74. The summed E-state index contributed by atoms with van der Waals surface area (Å²) in [6.07, 6.45) is 4.54. The molecule has 3 nitrogen and oxygen atoms in total. The van der Waals surface area contributed by atoms with Crippen LogP contribution in [0.5, 0.6) is 0 Å². The molecule has 0 aliphatic heterocycles. The Balaban J connectivity index is 1.70. The first-order valence-corrected chi connectivity index (χ1v) is 5.87. The lowest BCUT2D eigenvalue weighted by Crippen LogP contribution is -2.20. The summed E-state index contributed by atoms with van der Waals surface area (Å²) in [6, 6.07) is 10.2. The van der Waals surface area contributed by atoms with E-state index in [1.165, 1.54) is 11.1 Å². The van der Waals surface area contributed by atoms with E-state index in [1.807, 2.05) is 0 Å². The molecule has 1 aliphatic rings. The van der Waals surface area contributed by atoms with Crippen molar-refractivity contribution in [3.8, 4) is 0 Å². The van der Waals surface area contributed by atoms with Crippen molar-refractivity contribution >= 4 is 0 Å². The fourth-order valence-corrected chi connectivity index (χ4v) is 2.43. The second-order valence-corrected chi connectivity index (χ2v) is 4.46. The first kappa shape index (κ1) is 10.4. The predicted molar refractivity (Wildman–Crippen MR) is 64.5 cm³/mol. The van der Waals surface area contributed by atoms with Crippen LogP contribution >= 0.6 is 0 Å². The summed E-state index contributed by atoms with van der Waals surface area (Å²) in [7, 11) is 0. The van der Waals surface area contributed by atoms with Crippen molar-refractivity contribution in [1.82, 2.24) is 9.97 Å². The lowest BCUT2D eigenvalue weighted by Gasteiger charge is -2.31. The van der Waals surface area contributed by atoms with Crippen molar-refractivity contribution in [3.63, 3.8) is 0 Å². The number of aromatic nitrogens is 2. The molecule has 0 bridgehead atoms. The van der Waals surface area contributed by atoms with Crippen LogP contribution in [0.2, 0.25) is 0 Å². The van der Waals surface area contributed by atoms with Crippen molar-refractivity contribution in [1.29, 1.82) is 0 Å². The van der Waals surface area contributed by atoms with E-state index in [2.05, 4.69) is 34.2 Å². The first-order valence-electron chi connectivity index (χ1n) is 5.87. The van der Waals surface area contributed by atoms with Gasteiger partial charge in [-0.25, -0.2) is 9.97 Å². The smallest absolute Gasteiger partial charge is 0.156 e. The summed E-state index contributed by atoms with van der Waals surface area (Å²) in [5.41, 5.74) is 2.76. The van der Waals surface area contributed by atoms with E-state index in [4.69, 9.17) is 0 Å². The zero-order valence-electron chi connectivity index (χ0n) is 9.45. The van der Waals surface area contributed by atoms with Crippen molar-refractivity contribution in [3.05, 3.63) is 59.7 Å². The van der Waals surface area contributed by atoms with Crippen molar-refractivity contribution in [2.75, 3.05) is 0 Å². The number of hydrogen-bond acceptors (Lipinski definition) is 3. The van der Waals surface area contributed by atoms with Gasteiger partial charge in [-0.1, -0.05) is 24.3 Å². The van der Waals surface area contributed by atoms with Gasteiger partial charge in [-0.15, -0.1) is 0 Å². The van der Waals surface area contributed by atoms with Gasteiger partial charge in [0, 0.05) is 12.4 Å². The molecule has 0 fully saturated rings. The second kappa shape index (κ2) is 4.26. The second-order valence-electron chi connectivity index (χ2n) is 4.46. The summed E-state index contributed by atoms with van der Waals surface area (Å²) in [6.45, 7) is 0. The average Bonchev–Trinajstić information content (AvgIpc) is 2.37. The minimum Gasteiger partial charge on any atom is -0.385 e. The minimum atomic E-state index is -0.561. The first-order chi connectivity index (χ1) is 8.34. The van der Waals surface area contributed by atoms with Crippen LogP contribution in [0.1, 0.15) is 35.4 Å². The largest absolute Gasteiger partial charge is 0.385 e. The molecule has 1 aliphatic carbocycles. The third-order valence-electron chi connectivity index (χ3n) is 3.35. The molecule has 3 rings (SSSR count). The van der Waals surface area contributed by atoms with E-state index in [9.17, 15) is 5.11 Å². The number of rotatable bonds is 3. The molecule has 17 heavy (non-hydrogen) atoms. The van der Waals surface area contributed by atoms with E-state index >= 15 is 0 Å². The molecule has 1 aromatic heterocycles. The molecule has 1 N–H and O–H groups in total. The van der Waals surface area contributed by atoms with Crippen LogP contribution in [0, 0.1) is 0 Å². The SMILES string of the molecule is OC(CC1Cc2ccccc21)c1ncccn1. The normalized spacial score (nSPS) is 19.2. The van der Waals surface area contributed by atoms with Gasteiger partial charge in [0.2, 0.25) is 0 Å². The molecule has 0 amide bonds. The molecule has 0 radical (unpaired) electrons. The Morgan fingerprint density at radius 3 is 2.71 bits per heavy atom. The molecule has 3 heteroatoms. The van der Waals surface area contributed by atoms with E-state index in [0.717, 1.165) is 6.42 Å². The van der Waals surface area contributed by atoms with Gasteiger partial charge in [0.1, 0.15) is 6.10 Å².